The van der Waals surface area contributed by atoms with Gasteiger partial charge >= 0.3 is 0 Å². The van der Waals surface area contributed by atoms with Crippen molar-refractivity contribution in [3.05, 3.63) is 52.5 Å². The van der Waals surface area contributed by atoms with Crippen LogP contribution in [0.25, 0.3) is 10.2 Å². The molecule has 1 aliphatic rings. The average Bonchev–Trinajstić information content (AvgIpc) is 3.23. The highest BCUT2D eigenvalue weighted by Crippen LogP contribution is 2.34. The van der Waals surface area contributed by atoms with E-state index in [0.717, 1.165) is 25.9 Å². The standard InChI is InChI=1S/C15H12N4O3S3.ClH/c1-19-10(13(20)14-12(6-7-23-14)25(19,21)22)8-16-18-15-17-9-4-2-3-5-11(9)24-15;/h2-8,16H,1H3,(H,17,18);1H. The van der Waals surface area contributed by atoms with Crippen molar-refractivity contribution in [2.75, 3.05) is 12.5 Å². The number of hydrazine groups is 1. The van der Waals surface area contributed by atoms with Gasteiger partial charge in [0.05, 0.1) is 15.1 Å². The number of ketones is 1. The van der Waals surface area contributed by atoms with E-state index in [0.29, 0.717) is 5.13 Å². The molecule has 0 spiro atoms. The summed E-state index contributed by atoms with van der Waals surface area (Å²) in [6.45, 7) is 0. The van der Waals surface area contributed by atoms with Crippen LogP contribution in [0.3, 0.4) is 0 Å². The number of anilines is 1. The fourth-order valence-corrected chi connectivity index (χ4v) is 5.82. The number of aromatic nitrogens is 1. The monoisotopic (exact) mass is 428 g/mol. The van der Waals surface area contributed by atoms with Gasteiger partial charge < -0.3 is 5.43 Å². The predicted octanol–water partition coefficient (Wildman–Crippen LogP) is 3.05. The molecule has 0 aliphatic carbocycles. The number of thiazole rings is 1. The number of Topliss-reactive ketones (excluding diaryl/α,β-unsaturated/α-hetero) is 1. The molecule has 26 heavy (non-hydrogen) atoms. The highest BCUT2D eigenvalue weighted by Gasteiger charge is 2.38. The molecule has 2 aromatic heterocycles. The molecule has 0 amide bonds. The molecule has 0 saturated carbocycles. The Morgan fingerprint density at radius 3 is 2.77 bits per heavy atom. The summed E-state index contributed by atoms with van der Waals surface area (Å²) in [5, 5.41) is 2.22. The van der Waals surface area contributed by atoms with Crippen molar-refractivity contribution < 1.29 is 13.2 Å². The zero-order chi connectivity index (χ0) is 17.6. The van der Waals surface area contributed by atoms with E-state index in [4.69, 9.17) is 0 Å². The summed E-state index contributed by atoms with van der Waals surface area (Å²) < 4.78 is 26.9. The van der Waals surface area contributed by atoms with Gasteiger partial charge in [0.25, 0.3) is 10.0 Å². The van der Waals surface area contributed by atoms with E-state index >= 15 is 0 Å². The van der Waals surface area contributed by atoms with E-state index in [2.05, 4.69) is 15.8 Å². The van der Waals surface area contributed by atoms with Crippen molar-refractivity contribution in [1.29, 1.82) is 0 Å². The van der Waals surface area contributed by atoms with Gasteiger partial charge in [-0.3, -0.25) is 14.5 Å². The number of fused-ring (bicyclic) bond motifs is 2. The maximum absolute atomic E-state index is 12.5. The molecular weight excluding hydrogens is 416 g/mol. The van der Waals surface area contributed by atoms with Crippen LogP contribution in [0.5, 0.6) is 0 Å². The second-order valence-corrected chi connectivity index (χ2v) is 9.09. The highest BCUT2D eigenvalue weighted by atomic mass is 35.5. The van der Waals surface area contributed by atoms with E-state index < -0.39 is 10.0 Å². The number of sulfonamides is 1. The van der Waals surface area contributed by atoms with Gasteiger partial charge in [-0.15, -0.1) is 23.7 Å². The number of nitrogens with zero attached hydrogens (tertiary/aromatic N) is 2. The van der Waals surface area contributed by atoms with E-state index in [1.807, 2.05) is 24.3 Å². The fraction of sp³-hybridized carbons (Fsp3) is 0.0667. The van der Waals surface area contributed by atoms with Crippen molar-refractivity contribution in [2.24, 2.45) is 0 Å². The van der Waals surface area contributed by atoms with Crippen LogP contribution < -0.4 is 10.9 Å². The summed E-state index contributed by atoms with van der Waals surface area (Å²) in [5.41, 5.74) is 6.55. The minimum atomic E-state index is -3.70. The third-order valence-electron chi connectivity index (χ3n) is 3.73. The quantitative estimate of drug-likeness (QED) is 0.492. The fourth-order valence-electron chi connectivity index (χ4n) is 2.45. The number of carbonyl (C=O) groups excluding carboxylic acids is 1. The van der Waals surface area contributed by atoms with Gasteiger partial charge in [0.1, 0.15) is 10.6 Å². The first-order valence-electron chi connectivity index (χ1n) is 7.17. The van der Waals surface area contributed by atoms with Crippen molar-refractivity contribution in [2.45, 2.75) is 4.90 Å². The van der Waals surface area contributed by atoms with Crippen LogP contribution in [0.1, 0.15) is 9.67 Å². The minimum Gasteiger partial charge on any atom is -0.304 e. The number of carbonyl (C=O) groups is 1. The van der Waals surface area contributed by atoms with Gasteiger partial charge in [-0.1, -0.05) is 23.5 Å². The second kappa shape index (κ2) is 6.88. The molecular formula is C15H13ClN4O3S3. The molecule has 1 aromatic carbocycles. The van der Waals surface area contributed by atoms with Gasteiger partial charge in [-0.25, -0.2) is 13.4 Å². The summed E-state index contributed by atoms with van der Waals surface area (Å²) in [6.07, 6.45) is 1.34. The predicted molar refractivity (Wildman–Crippen MR) is 105 cm³/mol. The second-order valence-electron chi connectivity index (χ2n) is 5.20. The van der Waals surface area contributed by atoms with Crippen LogP contribution in [0.4, 0.5) is 5.13 Å². The molecule has 0 bridgehead atoms. The Labute approximate surface area is 163 Å². The normalized spacial score (nSPS) is 17.0. The van der Waals surface area contributed by atoms with Gasteiger partial charge in [0, 0.05) is 13.2 Å². The number of allylic oxidation sites excluding steroid dienone is 1. The first-order chi connectivity index (χ1) is 12.0. The third kappa shape index (κ3) is 2.94. The molecule has 7 nitrogen and oxygen atoms in total. The largest absolute Gasteiger partial charge is 0.304 e. The molecule has 11 heteroatoms. The molecule has 2 N–H and O–H groups in total. The molecule has 1 aliphatic heterocycles. The van der Waals surface area contributed by atoms with Crippen LogP contribution in [-0.2, 0) is 10.0 Å². The maximum Gasteiger partial charge on any atom is 0.265 e. The lowest BCUT2D eigenvalue weighted by Crippen LogP contribution is -2.36. The van der Waals surface area contributed by atoms with Crippen molar-refractivity contribution in [1.82, 2.24) is 14.7 Å². The van der Waals surface area contributed by atoms with Gasteiger partial charge in [0.15, 0.2) is 0 Å². The maximum atomic E-state index is 12.5. The Morgan fingerprint density at radius 2 is 2.00 bits per heavy atom. The molecule has 0 radical (unpaired) electrons. The smallest absolute Gasteiger partial charge is 0.265 e. The lowest BCUT2D eigenvalue weighted by Gasteiger charge is -2.25. The Morgan fingerprint density at radius 1 is 1.23 bits per heavy atom. The lowest BCUT2D eigenvalue weighted by atomic mass is 10.2. The average molecular weight is 429 g/mol. The van der Waals surface area contributed by atoms with E-state index in [1.165, 1.54) is 30.7 Å². The molecule has 0 unspecified atom stereocenters. The highest BCUT2D eigenvalue weighted by molar-refractivity contribution is 7.89. The molecule has 0 fully saturated rings. The number of hydrogen-bond acceptors (Lipinski definition) is 8. The number of nitrogens with one attached hydrogen (secondary N) is 2. The van der Waals surface area contributed by atoms with Gasteiger partial charge in [-0.2, -0.15) is 0 Å². The molecule has 136 valence electrons. The lowest BCUT2D eigenvalue weighted by molar-refractivity contribution is 0.101. The summed E-state index contributed by atoms with van der Waals surface area (Å²) in [4.78, 5) is 17.2. The van der Waals surface area contributed by atoms with Crippen LogP contribution in [0.2, 0.25) is 0 Å². The molecule has 0 saturated heterocycles. The number of rotatable bonds is 3. The first-order valence-corrected chi connectivity index (χ1v) is 10.3. The number of hydrogen-bond donors (Lipinski definition) is 2. The van der Waals surface area contributed by atoms with Crippen molar-refractivity contribution >= 4 is 66.2 Å². The summed E-state index contributed by atoms with van der Waals surface area (Å²) in [5.74, 6) is -0.332. The summed E-state index contributed by atoms with van der Waals surface area (Å²) in [7, 11) is -2.34. The number of thiophene rings is 1. The number of halogens is 1. The van der Waals surface area contributed by atoms with Crippen LogP contribution in [-0.4, -0.2) is 30.5 Å². The first kappa shape index (κ1) is 18.6. The van der Waals surface area contributed by atoms with Crippen LogP contribution in [0, 0.1) is 0 Å². The number of benzene rings is 1. The minimum absolute atomic E-state index is 0. The topological polar surface area (TPSA) is 91.4 Å². The molecule has 4 rings (SSSR count). The van der Waals surface area contributed by atoms with Crippen molar-refractivity contribution in [3.63, 3.8) is 0 Å². The molecule has 3 heterocycles. The molecule has 3 aromatic rings. The van der Waals surface area contributed by atoms with Gasteiger partial charge in [0.2, 0.25) is 10.9 Å². The van der Waals surface area contributed by atoms with Crippen LogP contribution >= 0.6 is 35.1 Å². The third-order valence-corrected chi connectivity index (χ3v) is 7.54. The van der Waals surface area contributed by atoms with Gasteiger partial charge in [-0.05, 0) is 23.6 Å². The van der Waals surface area contributed by atoms with E-state index in [9.17, 15) is 13.2 Å². The van der Waals surface area contributed by atoms with E-state index in [1.54, 1.807) is 5.38 Å². The number of para-hydroxylation sites is 1. The Kier molecular flexibility index (Phi) is 4.93. The van der Waals surface area contributed by atoms with E-state index in [-0.39, 0.29) is 33.7 Å². The SMILES string of the molecule is CN1C(=CNNc2nc3ccccc3s2)C(=O)c2sccc2S1(=O)=O.Cl. The number of likely N-dealkylation sites (N-methyl/N-ethyl adjacent to an activating group) is 1. The Balaban J connectivity index is 0.00000196. The summed E-state index contributed by atoms with van der Waals surface area (Å²) >= 11 is 2.57. The Hall–Kier alpha value is -2.14. The zero-order valence-electron chi connectivity index (χ0n) is 13.3. The zero-order valence-corrected chi connectivity index (χ0v) is 16.6. The molecule has 0 atom stereocenters. The van der Waals surface area contributed by atoms with Crippen molar-refractivity contribution in [3.8, 4) is 0 Å². The summed E-state index contributed by atoms with van der Waals surface area (Å²) in [6, 6.07) is 9.14. The Bertz CT molecular complexity index is 1090. The van der Waals surface area contributed by atoms with Crippen LogP contribution in [0.15, 0.2) is 52.5 Å².